The molecule has 1 fully saturated rings. The van der Waals surface area contributed by atoms with Crippen molar-refractivity contribution in [2.75, 3.05) is 0 Å². The van der Waals surface area contributed by atoms with Crippen LogP contribution in [-0.4, -0.2) is 24.9 Å². The van der Waals surface area contributed by atoms with Gasteiger partial charge >= 0.3 is 0 Å². The van der Waals surface area contributed by atoms with Crippen LogP contribution in [-0.2, 0) is 15.3 Å². The number of aliphatic hydroxyl groups excluding tert-OH is 1. The monoisotopic (exact) mass is 296 g/mol. The Labute approximate surface area is 121 Å². The normalized spacial score (nSPS) is 24.6. The second-order valence-electron chi connectivity index (χ2n) is 6.76. The van der Waals surface area contributed by atoms with Gasteiger partial charge in [-0.05, 0) is 48.8 Å². The predicted molar refractivity (Wildman–Crippen MR) is 80.6 cm³/mol. The largest absolute Gasteiger partial charge is 0.393 e. The number of hydrogen-bond acceptors (Lipinski definition) is 3. The van der Waals surface area contributed by atoms with E-state index in [4.69, 9.17) is 0 Å². The molecular formula is C16H24O3S. The lowest BCUT2D eigenvalue weighted by atomic mass is 9.87. The van der Waals surface area contributed by atoms with Crippen LogP contribution in [0.25, 0.3) is 0 Å². The van der Waals surface area contributed by atoms with Crippen molar-refractivity contribution >= 4 is 9.84 Å². The Balaban J connectivity index is 2.26. The zero-order valence-corrected chi connectivity index (χ0v) is 13.3. The van der Waals surface area contributed by atoms with Gasteiger partial charge in [-0.1, -0.05) is 32.9 Å². The van der Waals surface area contributed by atoms with Crippen LogP contribution in [0.4, 0.5) is 0 Å². The van der Waals surface area contributed by atoms with Gasteiger partial charge in [-0.2, -0.15) is 0 Å². The minimum Gasteiger partial charge on any atom is -0.393 e. The lowest BCUT2D eigenvalue weighted by molar-refractivity contribution is 0.131. The molecule has 112 valence electrons. The van der Waals surface area contributed by atoms with Crippen LogP contribution in [0, 0.1) is 0 Å². The Hall–Kier alpha value is -0.870. The zero-order valence-electron chi connectivity index (χ0n) is 12.5. The van der Waals surface area contributed by atoms with E-state index in [0.29, 0.717) is 17.7 Å². The quantitative estimate of drug-likeness (QED) is 0.912. The highest BCUT2D eigenvalue weighted by Crippen LogP contribution is 2.30. The summed E-state index contributed by atoms with van der Waals surface area (Å²) in [5.41, 5.74) is 1.14. The average molecular weight is 296 g/mol. The molecule has 0 saturated heterocycles. The third kappa shape index (κ3) is 3.23. The van der Waals surface area contributed by atoms with Gasteiger partial charge in [0.2, 0.25) is 0 Å². The van der Waals surface area contributed by atoms with Crippen molar-refractivity contribution in [3.05, 3.63) is 29.8 Å². The summed E-state index contributed by atoms with van der Waals surface area (Å²) in [5, 5.41) is 9.24. The molecule has 1 aliphatic rings. The molecule has 0 heterocycles. The van der Waals surface area contributed by atoms with Gasteiger partial charge in [0.25, 0.3) is 0 Å². The summed E-state index contributed by atoms with van der Waals surface area (Å²) in [6, 6.07) is 7.20. The Morgan fingerprint density at radius 3 is 2.20 bits per heavy atom. The standard InChI is InChI=1S/C16H24O3S/c1-16(2,3)12-7-9-14(10-8-12)20(18,19)15-6-4-5-13(17)11-15/h7-10,13,15,17H,4-6,11H2,1-3H3/t13-,15+/m1/s1. The van der Waals surface area contributed by atoms with E-state index in [0.717, 1.165) is 18.4 Å². The van der Waals surface area contributed by atoms with Crippen molar-refractivity contribution in [3.63, 3.8) is 0 Å². The zero-order chi connectivity index (χ0) is 15.0. The lowest BCUT2D eigenvalue weighted by Gasteiger charge is -2.26. The Morgan fingerprint density at radius 2 is 1.70 bits per heavy atom. The molecule has 3 nitrogen and oxygen atoms in total. The second-order valence-corrected chi connectivity index (χ2v) is 8.99. The van der Waals surface area contributed by atoms with E-state index in [-0.39, 0.29) is 5.41 Å². The van der Waals surface area contributed by atoms with Crippen LogP contribution < -0.4 is 0 Å². The van der Waals surface area contributed by atoms with Crippen molar-refractivity contribution in [1.29, 1.82) is 0 Å². The highest BCUT2D eigenvalue weighted by molar-refractivity contribution is 7.92. The Morgan fingerprint density at radius 1 is 1.10 bits per heavy atom. The second kappa shape index (κ2) is 5.49. The molecule has 0 aromatic heterocycles. The molecule has 0 aliphatic heterocycles. The lowest BCUT2D eigenvalue weighted by Crippen LogP contribution is -2.30. The van der Waals surface area contributed by atoms with Crippen LogP contribution in [0.2, 0.25) is 0 Å². The summed E-state index contributed by atoms with van der Waals surface area (Å²) >= 11 is 0. The van der Waals surface area contributed by atoms with E-state index < -0.39 is 21.2 Å². The van der Waals surface area contributed by atoms with Crippen LogP contribution in [0.3, 0.4) is 0 Å². The molecule has 1 saturated carbocycles. The summed E-state index contributed by atoms with van der Waals surface area (Å²) in [6.07, 6.45) is 2.04. The first-order valence-corrected chi connectivity index (χ1v) is 8.78. The Bertz CT molecular complexity index is 552. The van der Waals surface area contributed by atoms with Gasteiger partial charge in [0, 0.05) is 0 Å². The van der Waals surface area contributed by atoms with Gasteiger partial charge in [-0.3, -0.25) is 0 Å². The van der Waals surface area contributed by atoms with E-state index in [1.54, 1.807) is 12.1 Å². The van der Waals surface area contributed by atoms with E-state index in [1.165, 1.54) is 0 Å². The highest BCUT2D eigenvalue weighted by atomic mass is 32.2. The molecule has 1 aromatic rings. The predicted octanol–water partition coefficient (Wildman–Crippen LogP) is 3.06. The smallest absolute Gasteiger partial charge is 0.181 e. The van der Waals surface area contributed by atoms with Crippen molar-refractivity contribution in [2.45, 2.75) is 68.1 Å². The maximum atomic E-state index is 12.6. The summed E-state index contributed by atoms with van der Waals surface area (Å²) < 4.78 is 25.2. The van der Waals surface area contributed by atoms with Gasteiger partial charge in [0.1, 0.15) is 0 Å². The molecule has 0 bridgehead atoms. The van der Waals surface area contributed by atoms with Crippen LogP contribution >= 0.6 is 0 Å². The first-order chi connectivity index (χ1) is 9.21. The summed E-state index contributed by atoms with van der Waals surface area (Å²) in [4.78, 5) is 0.379. The van der Waals surface area contributed by atoms with E-state index in [1.807, 2.05) is 12.1 Å². The molecule has 4 heteroatoms. The number of aliphatic hydroxyl groups is 1. The third-order valence-electron chi connectivity index (χ3n) is 4.09. The maximum absolute atomic E-state index is 12.6. The Kier molecular flexibility index (Phi) is 4.26. The highest BCUT2D eigenvalue weighted by Gasteiger charge is 2.32. The first-order valence-electron chi connectivity index (χ1n) is 7.24. The van der Waals surface area contributed by atoms with Crippen LogP contribution in [0.1, 0.15) is 52.0 Å². The number of sulfone groups is 1. The molecule has 20 heavy (non-hydrogen) atoms. The van der Waals surface area contributed by atoms with Gasteiger partial charge in [-0.25, -0.2) is 8.42 Å². The fourth-order valence-corrected chi connectivity index (χ4v) is 4.59. The van der Waals surface area contributed by atoms with Crippen LogP contribution in [0.5, 0.6) is 0 Å². The van der Waals surface area contributed by atoms with Gasteiger partial charge < -0.3 is 5.11 Å². The summed E-state index contributed by atoms with van der Waals surface area (Å²) in [7, 11) is -3.32. The molecular weight excluding hydrogens is 272 g/mol. The van der Waals surface area contributed by atoms with Crippen molar-refractivity contribution in [3.8, 4) is 0 Å². The third-order valence-corrected chi connectivity index (χ3v) is 6.32. The molecule has 0 radical (unpaired) electrons. The number of rotatable bonds is 2. The molecule has 0 unspecified atom stereocenters. The first kappa shape index (κ1) is 15.5. The summed E-state index contributed by atoms with van der Waals surface area (Å²) in [6.45, 7) is 6.32. The molecule has 1 aromatic carbocycles. The molecule has 1 N–H and O–H groups in total. The number of hydrogen-bond donors (Lipinski definition) is 1. The van der Waals surface area contributed by atoms with E-state index in [9.17, 15) is 13.5 Å². The molecule has 1 aliphatic carbocycles. The van der Waals surface area contributed by atoms with Crippen LogP contribution in [0.15, 0.2) is 29.2 Å². The van der Waals surface area contributed by atoms with E-state index >= 15 is 0 Å². The van der Waals surface area contributed by atoms with Gasteiger partial charge in [0.05, 0.1) is 16.2 Å². The molecule has 0 amide bonds. The average Bonchev–Trinajstić information content (AvgIpc) is 2.38. The fourth-order valence-electron chi connectivity index (χ4n) is 2.74. The topological polar surface area (TPSA) is 54.4 Å². The minimum atomic E-state index is -3.32. The van der Waals surface area contributed by atoms with E-state index in [2.05, 4.69) is 20.8 Å². The van der Waals surface area contributed by atoms with Crippen molar-refractivity contribution < 1.29 is 13.5 Å². The molecule has 0 spiro atoms. The minimum absolute atomic E-state index is 0.0172. The molecule has 2 rings (SSSR count). The maximum Gasteiger partial charge on any atom is 0.181 e. The van der Waals surface area contributed by atoms with Crippen molar-refractivity contribution in [1.82, 2.24) is 0 Å². The SMILES string of the molecule is CC(C)(C)c1ccc(S(=O)(=O)[C@H]2CCC[C@@H](O)C2)cc1. The number of benzene rings is 1. The fraction of sp³-hybridized carbons (Fsp3) is 0.625. The van der Waals surface area contributed by atoms with Gasteiger partial charge in [0.15, 0.2) is 9.84 Å². The summed E-state index contributed by atoms with van der Waals surface area (Å²) in [5.74, 6) is 0. The molecule has 2 atom stereocenters. The van der Waals surface area contributed by atoms with Gasteiger partial charge in [-0.15, -0.1) is 0 Å². The van der Waals surface area contributed by atoms with Crippen molar-refractivity contribution in [2.24, 2.45) is 0 Å².